The van der Waals surface area contributed by atoms with E-state index in [0.29, 0.717) is 29.1 Å². The Morgan fingerprint density at radius 1 is 1.12 bits per heavy atom. The van der Waals surface area contributed by atoms with E-state index < -0.39 is 23.7 Å². The molecule has 2 fully saturated rings. The monoisotopic (exact) mass is 523 g/mol. The van der Waals surface area contributed by atoms with E-state index in [-0.39, 0.29) is 18.4 Å². The van der Waals surface area contributed by atoms with Gasteiger partial charge in [0.1, 0.15) is 29.7 Å². The summed E-state index contributed by atoms with van der Waals surface area (Å²) in [5.41, 5.74) is 12.9. The van der Waals surface area contributed by atoms with Crippen molar-refractivity contribution in [2.24, 2.45) is 5.41 Å². The minimum Gasteiger partial charge on any atom is -0.389 e. The summed E-state index contributed by atoms with van der Waals surface area (Å²) in [6.07, 6.45) is 1.35. The molecule has 1 spiro atoms. The van der Waals surface area contributed by atoms with Gasteiger partial charge >= 0.3 is 0 Å². The second-order valence-electron chi connectivity index (χ2n) is 9.12. The third-order valence-electron chi connectivity index (χ3n) is 7.31. The first-order chi connectivity index (χ1) is 16.3. The number of nitrogens with two attached hydrogens (primary N) is 2. The Morgan fingerprint density at radius 2 is 1.94 bits per heavy atom. The van der Waals surface area contributed by atoms with E-state index in [1.165, 1.54) is 6.33 Å². The number of aliphatic hydroxyl groups excluding tert-OH is 2. The minimum atomic E-state index is -1.23. The quantitative estimate of drug-likeness (QED) is 0.265. The number of benzene rings is 1. The standard InChI is InChI=1S/C23H22BrN7O3/c24-13-5-10-1-2-11(6-14(10)29-20(13)26)15-7-23(22(34)30-15)8-16(17(32)18(23)33)31-4-3-12-19(25)27-9-28-21(12)31/h1-6,9,15-18,32-33H,7-8H2,(H2,26,29)(H,30,34)(H2,25,27,28). The zero-order valence-corrected chi connectivity index (χ0v) is 19.5. The van der Waals surface area contributed by atoms with Crippen LogP contribution in [0.1, 0.15) is 30.5 Å². The van der Waals surface area contributed by atoms with Crippen molar-refractivity contribution in [2.45, 2.75) is 37.1 Å². The number of carbonyl (C=O) groups excluding carboxylic acids is 1. The number of nitrogen functional groups attached to an aromatic ring is 2. The maximum atomic E-state index is 13.3. The van der Waals surface area contributed by atoms with Crippen LogP contribution in [0.2, 0.25) is 0 Å². The van der Waals surface area contributed by atoms with Crippen molar-refractivity contribution in [3.05, 3.63) is 52.9 Å². The lowest BCUT2D eigenvalue weighted by Gasteiger charge is -2.24. The highest BCUT2D eigenvalue weighted by Gasteiger charge is 2.61. The average Bonchev–Trinajstić information content (AvgIpc) is 3.46. The van der Waals surface area contributed by atoms with Crippen LogP contribution >= 0.6 is 15.9 Å². The molecule has 34 heavy (non-hydrogen) atoms. The molecule has 4 aromatic rings. The highest BCUT2D eigenvalue weighted by molar-refractivity contribution is 9.10. The number of nitrogens with zero attached hydrogens (tertiary/aromatic N) is 4. The summed E-state index contributed by atoms with van der Waals surface area (Å²) in [6.45, 7) is 0. The van der Waals surface area contributed by atoms with Crippen molar-refractivity contribution < 1.29 is 15.0 Å². The first kappa shape index (κ1) is 21.3. The molecule has 5 unspecified atom stereocenters. The fraction of sp³-hybridized carbons (Fsp3) is 0.304. The number of halogens is 1. The zero-order chi connectivity index (χ0) is 23.8. The predicted molar refractivity (Wildman–Crippen MR) is 129 cm³/mol. The molecule has 2 aliphatic rings. The summed E-state index contributed by atoms with van der Waals surface area (Å²) in [5, 5.41) is 26.7. The Kier molecular flexibility index (Phi) is 4.60. The van der Waals surface area contributed by atoms with Crippen molar-refractivity contribution >= 4 is 55.4 Å². The van der Waals surface area contributed by atoms with E-state index in [9.17, 15) is 15.0 Å². The fourth-order valence-electron chi connectivity index (χ4n) is 5.51. The molecule has 0 radical (unpaired) electrons. The van der Waals surface area contributed by atoms with Crippen LogP contribution in [0.4, 0.5) is 11.6 Å². The summed E-state index contributed by atoms with van der Waals surface area (Å²) in [4.78, 5) is 26.0. The molecule has 5 atom stereocenters. The molecular weight excluding hydrogens is 502 g/mol. The third-order valence-corrected chi connectivity index (χ3v) is 7.94. The molecule has 1 saturated carbocycles. The third kappa shape index (κ3) is 2.93. The van der Waals surface area contributed by atoms with E-state index in [4.69, 9.17) is 11.5 Å². The number of nitrogens with one attached hydrogen (secondary N) is 1. The predicted octanol–water partition coefficient (Wildman–Crippen LogP) is 1.82. The highest BCUT2D eigenvalue weighted by atomic mass is 79.9. The normalized spacial score (nSPS) is 28.9. The molecular formula is C23H22BrN7O3. The van der Waals surface area contributed by atoms with Gasteiger partial charge in [-0.15, -0.1) is 0 Å². The SMILES string of the molecule is Nc1nc2cc(C3CC4(CC(n5ccc6c(N)ncnc65)C(O)C4O)C(=O)N3)ccc2cc1Br. The van der Waals surface area contributed by atoms with E-state index >= 15 is 0 Å². The lowest BCUT2D eigenvalue weighted by atomic mass is 9.79. The Labute approximate surface area is 202 Å². The first-order valence-electron chi connectivity index (χ1n) is 10.9. The van der Waals surface area contributed by atoms with Crippen LogP contribution in [0.25, 0.3) is 21.9 Å². The number of rotatable bonds is 2. The number of hydrogen-bond acceptors (Lipinski definition) is 8. The smallest absolute Gasteiger partial charge is 0.229 e. The largest absolute Gasteiger partial charge is 0.389 e. The number of amides is 1. The van der Waals surface area contributed by atoms with Crippen LogP contribution in [0.15, 0.2) is 47.3 Å². The number of anilines is 2. The minimum absolute atomic E-state index is 0.261. The summed E-state index contributed by atoms with van der Waals surface area (Å²) >= 11 is 3.39. The van der Waals surface area contributed by atoms with Crippen molar-refractivity contribution in [3.63, 3.8) is 0 Å². The van der Waals surface area contributed by atoms with E-state index in [2.05, 4.69) is 36.2 Å². The topological polar surface area (TPSA) is 165 Å². The molecule has 1 amide bonds. The number of carbonyl (C=O) groups is 1. The van der Waals surface area contributed by atoms with E-state index in [1.54, 1.807) is 16.8 Å². The maximum absolute atomic E-state index is 13.3. The van der Waals surface area contributed by atoms with Gasteiger partial charge in [0, 0.05) is 11.6 Å². The lowest BCUT2D eigenvalue weighted by Crippen LogP contribution is -2.41. The van der Waals surface area contributed by atoms with Gasteiger partial charge in [0.2, 0.25) is 5.91 Å². The molecule has 1 saturated heterocycles. The van der Waals surface area contributed by atoms with Crippen LogP contribution in [0, 0.1) is 5.41 Å². The van der Waals surface area contributed by atoms with Gasteiger partial charge in [-0.1, -0.05) is 12.1 Å². The van der Waals surface area contributed by atoms with Gasteiger partial charge in [-0.2, -0.15) is 0 Å². The van der Waals surface area contributed by atoms with E-state index in [1.807, 2.05) is 24.3 Å². The van der Waals surface area contributed by atoms with Gasteiger partial charge < -0.3 is 31.6 Å². The highest BCUT2D eigenvalue weighted by Crippen LogP contribution is 2.53. The van der Waals surface area contributed by atoms with Gasteiger partial charge in [-0.05, 0) is 52.5 Å². The molecule has 11 heteroatoms. The van der Waals surface area contributed by atoms with Gasteiger partial charge in [0.15, 0.2) is 0 Å². The van der Waals surface area contributed by atoms with Gasteiger partial charge in [0.05, 0.1) is 39.0 Å². The van der Waals surface area contributed by atoms with Gasteiger partial charge in [0.25, 0.3) is 0 Å². The van der Waals surface area contributed by atoms with Crippen LogP contribution < -0.4 is 16.8 Å². The van der Waals surface area contributed by atoms with Crippen LogP contribution in [0.3, 0.4) is 0 Å². The van der Waals surface area contributed by atoms with Gasteiger partial charge in [-0.3, -0.25) is 4.79 Å². The van der Waals surface area contributed by atoms with Crippen LogP contribution in [0.5, 0.6) is 0 Å². The first-order valence-corrected chi connectivity index (χ1v) is 11.7. The Hall–Kier alpha value is -3.28. The van der Waals surface area contributed by atoms with E-state index in [0.717, 1.165) is 20.9 Å². The summed E-state index contributed by atoms with van der Waals surface area (Å²) in [7, 11) is 0. The molecule has 10 nitrogen and oxygen atoms in total. The Bertz CT molecular complexity index is 1470. The summed E-state index contributed by atoms with van der Waals surface area (Å²) in [6, 6.07) is 8.57. The molecule has 1 aliphatic heterocycles. The molecule has 174 valence electrons. The Morgan fingerprint density at radius 3 is 2.76 bits per heavy atom. The molecule has 4 heterocycles. The number of aliphatic hydroxyl groups is 2. The zero-order valence-electron chi connectivity index (χ0n) is 17.9. The van der Waals surface area contributed by atoms with Gasteiger partial charge in [-0.25, -0.2) is 15.0 Å². The maximum Gasteiger partial charge on any atom is 0.229 e. The van der Waals surface area contributed by atoms with Crippen molar-refractivity contribution in [1.29, 1.82) is 0 Å². The van der Waals surface area contributed by atoms with Crippen LogP contribution in [-0.2, 0) is 4.79 Å². The Balaban J connectivity index is 1.34. The fourth-order valence-corrected chi connectivity index (χ4v) is 5.84. The van der Waals surface area contributed by atoms with Crippen molar-refractivity contribution in [2.75, 3.05) is 11.5 Å². The lowest BCUT2D eigenvalue weighted by molar-refractivity contribution is -0.134. The number of pyridine rings is 1. The number of hydrogen-bond donors (Lipinski definition) is 5. The molecule has 7 N–H and O–H groups in total. The molecule has 1 aromatic carbocycles. The molecule has 0 bridgehead atoms. The van der Waals surface area contributed by atoms with Crippen LogP contribution in [-0.4, -0.2) is 47.8 Å². The second kappa shape index (κ2) is 7.36. The number of aromatic nitrogens is 4. The summed E-state index contributed by atoms with van der Waals surface area (Å²) in [5.74, 6) is 0.445. The van der Waals surface area contributed by atoms with Crippen molar-refractivity contribution in [1.82, 2.24) is 24.8 Å². The average molecular weight is 524 g/mol. The second-order valence-corrected chi connectivity index (χ2v) is 9.97. The van der Waals surface area contributed by atoms with Crippen molar-refractivity contribution in [3.8, 4) is 0 Å². The number of fused-ring (bicyclic) bond motifs is 2. The molecule has 6 rings (SSSR count). The molecule has 3 aromatic heterocycles. The summed E-state index contributed by atoms with van der Waals surface area (Å²) < 4.78 is 2.50. The molecule has 1 aliphatic carbocycles.